The molecule has 0 unspecified atom stereocenters. The lowest BCUT2D eigenvalue weighted by molar-refractivity contribution is 0.388. The average Bonchev–Trinajstić information content (AvgIpc) is 2.74. The fourth-order valence-electron chi connectivity index (χ4n) is 2.57. The standard InChI is InChI=1S/C20H16FN5O3/c1-28-13-8-16(21)15(17(9-13)29-2)11-23-26-20-24-18(12-6-4-3-5-7-12)14(10-22)19(27)25-20/h3-9,11H,1-2H3,(H2,24,25,26,27). The van der Waals surface area contributed by atoms with Gasteiger partial charge in [0.05, 0.1) is 31.7 Å². The molecule has 0 radical (unpaired) electrons. The number of aromatic amines is 1. The topological polar surface area (TPSA) is 112 Å². The van der Waals surface area contributed by atoms with E-state index in [1.165, 1.54) is 32.6 Å². The summed E-state index contributed by atoms with van der Waals surface area (Å²) in [6, 6.07) is 13.4. The minimum atomic E-state index is -0.618. The first-order chi connectivity index (χ1) is 14.1. The molecule has 29 heavy (non-hydrogen) atoms. The zero-order valence-corrected chi connectivity index (χ0v) is 15.6. The van der Waals surface area contributed by atoms with Gasteiger partial charge in [-0.3, -0.25) is 9.78 Å². The Morgan fingerprint density at radius 1 is 1.24 bits per heavy atom. The fourth-order valence-corrected chi connectivity index (χ4v) is 2.57. The molecule has 8 nitrogen and oxygen atoms in total. The molecule has 0 fully saturated rings. The molecule has 0 amide bonds. The highest BCUT2D eigenvalue weighted by Crippen LogP contribution is 2.26. The van der Waals surface area contributed by atoms with Gasteiger partial charge in [-0.1, -0.05) is 30.3 Å². The van der Waals surface area contributed by atoms with Crippen molar-refractivity contribution < 1.29 is 13.9 Å². The van der Waals surface area contributed by atoms with E-state index in [1.807, 2.05) is 12.1 Å². The molecule has 3 rings (SSSR count). The number of ether oxygens (including phenoxy) is 2. The van der Waals surface area contributed by atoms with Crippen LogP contribution in [-0.4, -0.2) is 30.4 Å². The molecule has 2 aromatic carbocycles. The summed E-state index contributed by atoms with van der Waals surface area (Å²) in [4.78, 5) is 18.9. The first-order valence-electron chi connectivity index (χ1n) is 8.37. The highest BCUT2D eigenvalue weighted by molar-refractivity contribution is 5.84. The molecule has 0 atom stereocenters. The van der Waals surface area contributed by atoms with E-state index in [0.29, 0.717) is 11.3 Å². The summed E-state index contributed by atoms with van der Waals surface area (Å²) in [6.45, 7) is 0. The van der Waals surface area contributed by atoms with Crippen LogP contribution in [0.3, 0.4) is 0 Å². The van der Waals surface area contributed by atoms with Gasteiger partial charge in [0, 0.05) is 17.7 Å². The number of halogens is 1. The van der Waals surface area contributed by atoms with Crippen molar-refractivity contribution in [2.24, 2.45) is 5.10 Å². The molecular formula is C20H16FN5O3. The fraction of sp³-hybridized carbons (Fsp3) is 0.100. The monoisotopic (exact) mass is 393 g/mol. The molecule has 1 heterocycles. The van der Waals surface area contributed by atoms with Crippen molar-refractivity contribution in [3.8, 4) is 28.8 Å². The number of nitrogens with zero attached hydrogens (tertiary/aromatic N) is 3. The maximum Gasteiger partial charge on any atom is 0.270 e. The highest BCUT2D eigenvalue weighted by atomic mass is 19.1. The van der Waals surface area contributed by atoms with Gasteiger partial charge in [0.25, 0.3) is 5.56 Å². The van der Waals surface area contributed by atoms with Gasteiger partial charge in [-0.05, 0) is 0 Å². The third-order valence-electron chi connectivity index (χ3n) is 3.96. The second-order valence-corrected chi connectivity index (χ2v) is 5.71. The van der Waals surface area contributed by atoms with E-state index in [0.717, 1.165) is 0 Å². The summed E-state index contributed by atoms with van der Waals surface area (Å²) < 4.78 is 24.4. The highest BCUT2D eigenvalue weighted by Gasteiger charge is 2.13. The van der Waals surface area contributed by atoms with E-state index in [2.05, 4.69) is 20.5 Å². The van der Waals surface area contributed by atoms with Crippen LogP contribution in [0.15, 0.2) is 52.4 Å². The number of hydrazone groups is 1. The molecule has 0 saturated heterocycles. The Hall–Kier alpha value is -4.19. The Kier molecular flexibility index (Phi) is 5.85. The maximum absolute atomic E-state index is 14.3. The molecule has 0 saturated carbocycles. The normalized spacial score (nSPS) is 10.6. The lowest BCUT2D eigenvalue weighted by Gasteiger charge is -2.09. The zero-order valence-electron chi connectivity index (χ0n) is 15.6. The number of hydrogen-bond acceptors (Lipinski definition) is 7. The minimum absolute atomic E-state index is 0.00279. The molecule has 0 bridgehead atoms. The predicted octanol–water partition coefficient (Wildman–Crippen LogP) is 2.91. The van der Waals surface area contributed by atoms with Crippen molar-refractivity contribution in [2.45, 2.75) is 0 Å². The van der Waals surface area contributed by atoms with Crippen LogP contribution in [0.4, 0.5) is 10.3 Å². The quantitative estimate of drug-likeness (QED) is 0.492. The van der Waals surface area contributed by atoms with Gasteiger partial charge in [0.15, 0.2) is 0 Å². The lowest BCUT2D eigenvalue weighted by Crippen LogP contribution is -2.16. The molecule has 2 N–H and O–H groups in total. The van der Waals surface area contributed by atoms with Crippen LogP contribution in [0.25, 0.3) is 11.3 Å². The molecule has 9 heteroatoms. The molecule has 0 aliphatic carbocycles. The van der Waals surface area contributed by atoms with E-state index in [4.69, 9.17) is 9.47 Å². The zero-order chi connectivity index (χ0) is 20.8. The molecule has 0 aliphatic rings. The smallest absolute Gasteiger partial charge is 0.270 e. The van der Waals surface area contributed by atoms with Crippen molar-refractivity contribution in [3.05, 3.63) is 69.8 Å². The Balaban J connectivity index is 1.94. The number of methoxy groups -OCH3 is 2. The summed E-state index contributed by atoms with van der Waals surface area (Å²) >= 11 is 0. The van der Waals surface area contributed by atoms with Crippen LogP contribution in [0.1, 0.15) is 11.1 Å². The van der Waals surface area contributed by atoms with Crippen molar-refractivity contribution in [2.75, 3.05) is 19.6 Å². The van der Waals surface area contributed by atoms with Gasteiger partial charge in [0.1, 0.15) is 28.9 Å². The van der Waals surface area contributed by atoms with Gasteiger partial charge in [0.2, 0.25) is 5.95 Å². The van der Waals surface area contributed by atoms with Gasteiger partial charge in [-0.2, -0.15) is 10.4 Å². The Bertz CT molecular complexity index is 1150. The molecule has 146 valence electrons. The minimum Gasteiger partial charge on any atom is -0.497 e. The van der Waals surface area contributed by atoms with Crippen molar-refractivity contribution >= 4 is 12.2 Å². The lowest BCUT2D eigenvalue weighted by atomic mass is 10.1. The van der Waals surface area contributed by atoms with Crippen molar-refractivity contribution in [1.82, 2.24) is 9.97 Å². The van der Waals surface area contributed by atoms with E-state index in [1.54, 1.807) is 24.3 Å². The van der Waals surface area contributed by atoms with E-state index >= 15 is 0 Å². The average molecular weight is 393 g/mol. The van der Waals surface area contributed by atoms with Gasteiger partial charge in [-0.15, -0.1) is 0 Å². The van der Waals surface area contributed by atoms with Crippen LogP contribution in [0, 0.1) is 17.1 Å². The van der Waals surface area contributed by atoms with Crippen LogP contribution in [0.5, 0.6) is 11.5 Å². The number of rotatable bonds is 6. The van der Waals surface area contributed by atoms with E-state index < -0.39 is 11.4 Å². The van der Waals surface area contributed by atoms with Crippen LogP contribution in [-0.2, 0) is 0 Å². The number of nitriles is 1. The van der Waals surface area contributed by atoms with E-state index in [-0.39, 0.29) is 28.5 Å². The summed E-state index contributed by atoms with van der Waals surface area (Å²) in [6.07, 6.45) is 1.19. The Labute approximate surface area is 165 Å². The third kappa shape index (κ3) is 4.22. The number of benzene rings is 2. The maximum atomic E-state index is 14.3. The number of aromatic nitrogens is 2. The van der Waals surface area contributed by atoms with Gasteiger partial charge in [-0.25, -0.2) is 14.8 Å². The van der Waals surface area contributed by atoms with Crippen LogP contribution >= 0.6 is 0 Å². The summed E-state index contributed by atoms with van der Waals surface area (Å²) in [7, 11) is 2.81. The Morgan fingerprint density at radius 2 is 2.00 bits per heavy atom. The molecule has 0 aliphatic heterocycles. The second-order valence-electron chi connectivity index (χ2n) is 5.71. The van der Waals surface area contributed by atoms with E-state index in [9.17, 15) is 14.4 Å². The SMILES string of the molecule is COc1cc(F)c(C=NNc2nc(-c3ccccc3)c(C#N)c(=O)[nH]2)c(OC)c1. The summed E-state index contributed by atoms with van der Waals surface area (Å²) in [5.41, 5.74) is 2.70. The first-order valence-corrected chi connectivity index (χ1v) is 8.37. The van der Waals surface area contributed by atoms with Crippen molar-refractivity contribution in [3.63, 3.8) is 0 Å². The predicted molar refractivity (Wildman–Crippen MR) is 106 cm³/mol. The Morgan fingerprint density at radius 3 is 2.66 bits per heavy atom. The summed E-state index contributed by atoms with van der Waals surface area (Å²) in [5.74, 6) is -0.0799. The number of hydrogen-bond donors (Lipinski definition) is 2. The second kappa shape index (κ2) is 8.67. The van der Waals surface area contributed by atoms with Crippen LogP contribution < -0.4 is 20.5 Å². The van der Waals surface area contributed by atoms with Gasteiger partial charge < -0.3 is 9.47 Å². The molecule has 1 aromatic heterocycles. The molecule has 0 spiro atoms. The number of H-pyrrole nitrogens is 1. The number of anilines is 1. The van der Waals surface area contributed by atoms with Crippen molar-refractivity contribution in [1.29, 1.82) is 5.26 Å². The summed E-state index contributed by atoms with van der Waals surface area (Å²) in [5, 5.41) is 13.2. The molecular weight excluding hydrogens is 377 g/mol. The van der Waals surface area contributed by atoms with Gasteiger partial charge >= 0.3 is 0 Å². The first kappa shape index (κ1) is 19.6. The molecule has 3 aromatic rings. The third-order valence-corrected chi connectivity index (χ3v) is 3.96. The number of nitrogens with one attached hydrogen (secondary N) is 2. The largest absolute Gasteiger partial charge is 0.497 e. The van der Waals surface area contributed by atoms with Crippen LogP contribution in [0.2, 0.25) is 0 Å².